The van der Waals surface area contributed by atoms with Gasteiger partial charge in [-0.1, -0.05) is 6.07 Å². The lowest BCUT2D eigenvalue weighted by Crippen LogP contribution is -2.33. The van der Waals surface area contributed by atoms with Crippen molar-refractivity contribution in [2.45, 2.75) is 32.9 Å². The summed E-state index contributed by atoms with van der Waals surface area (Å²) in [6.07, 6.45) is 2.52. The normalized spacial score (nSPS) is 14.6. The van der Waals surface area contributed by atoms with Crippen LogP contribution in [0.1, 0.15) is 35.9 Å². The van der Waals surface area contributed by atoms with Crippen LogP contribution in [-0.2, 0) is 13.2 Å². The van der Waals surface area contributed by atoms with Crippen molar-refractivity contribution in [2.24, 2.45) is 0 Å². The van der Waals surface area contributed by atoms with Crippen molar-refractivity contribution >= 4 is 5.91 Å². The summed E-state index contributed by atoms with van der Waals surface area (Å²) in [5, 5.41) is 14.4. The third-order valence-corrected chi connectivity index (χ3v) is 4.28. The van der Waals surface area contributed by atoms with Crippen LogP contribution in [0.25, 0.3) is 0 Å². The summed E-state index contributed by atoms with van der Waals surface area (Å²) >= 11 is 0. The molecule has 1 saturated heterocycles. The molecule has 0 saturated carbocycles. The lowest BCUT2D eigenvalue weighted by atomic mass is 10.2. The molecule has 1 amide bonds. The fraction of sp³-hybridized carbons (Fsp3) is 0.529. The van der Waals surface area contributed by atoms with Crippen LogP contribution in [0.2, 0.25) is 0 Å². The monoisotopic (exact) mass is 344 g/mol. The lowest BCUT2D eigenvalue weighted by Gasteiger charge is -2.14. The number of nitrogens with one attached hydrogen (secondary N) is 1. The van der Waals surface area contributed by atoms with Gasteiger partial charge >= 0.3 is 0 Å². The van der Waals surface area contributed by atoms with Gasteiger partial charge in [-0.25, -0.2) is 4.68 Å². The van der Waals surface area contributed by atoms with E-state index < -0.39 is 0 Å². The Bertz CT molecular complexity index is 696. The number of likely N-dealkylation sites (tertiary alicyclic amines) is 1. The number of carbonyl (C=O) groups excluding carboxylic acids is 1. The lowest BCUT2D eigenvalue weighted by molar-refractivity contribution is 0.0949. The Balaban J connectivity index is 1.50. The van der Waals surface area contributed by atoms with E-state index >= 15 is 0 Å². The molecule has 0 unspecified atom stereocenters. The van der Waals surface area contributed by atoms with Crippen LogP contribution < -0.4 is 10.1 Å². The van der Waals surface area contributed by atoms with Crippen molar-refractivity contribution in [3.05, 3.63) is 35.7 Å². The predicted octanol–water partition coefficient (Wildman–Crippen LogP) is 1.10. The van der Waals surface area contributed by atoms with Gasteiger partial charge in [-0.3, -0.25) is 4.79 Å². The van der Waals surface area contributed by atoms with E-state index in [0.717, 1.165) is 19.6 Å². The summed E-state index contributed by atoms with van der Waals surface area (Å²) in [6, 6.07) is 7.16. The van der Waals surface area contributed by atoms with Gasteiger partial charge < -0.3 is 15.0 Å². The van der Waals surface area contributed by atoms with Crippen molar-refractivity contribution in [1.82, 2.24) is 30.4 Å². The Morgan fingerprint density at radius 3 is 2.96 bits per heavy atom. The number of hydrogen-bond acceptors (Lipinski definition) is 6. The highest BCUT2D eigenvalue weighted by atomic mass is 16.5. The first-order chi connectivity index (χ1) is 12.3. The van der Waals surface area contributed by atoms with E-state index in [0.29, 0.717) is 30.2 Å². The summed E-state index contributed by atoms with van der Waals surface area (Å²) in [6.45, 7) is 6.75. The number of rotatable bonds is 8. The fourth-order valence-corrected chi connectivity index (χ4v) is 2.88. The summed E-state index contributed by atoms with van der Waals surface area (Å²) in [5.74, 6) is 1.20. The molecule has 0 bridgehead atoms. The standard InChI is InChI=1S/C17H24N6O2/c1-2-23-16(19-20-21-23)13-25-15-7-5-6-14(12-15)17(24)18-8-11-22-9-3-4-10-22/h5-7,12H,2-4,8-11,13H2,1H3,(H,18,24). The van der Waals surface area contributed by atoms with Gasteiger partial charge in [0.15, 0.2) is 5.82 Å². The van der Waals surface area contributed by atoms with Crippen molar-refractivity contribution < 1.29 is 9.53 Å². The van der Waals surface area contributed by atoms with Gasteiger partial charge in [0, 0.05) is 25.2 Å². The Hall–Kier alpha value is -2.48. The van der Waals surface area contributed by atoms with Gasteiger partial charge in [-0.05, 0) is 61.5 Å². The molecule has 3 rings (SSSR count). The fourth-order valence-electron chi connectivity index (χ4n) is 2.88. The Morgan fingerprint density at radius 1 is 1.32 bits per heavy atom. The van der Waals surface area contributed by atoms with Gasteiger partial charge in [0.1, 0.15) is 12.4 Å². The molecule has 8 nitrogen and oxygen atoms in total. The molecule has 8 heteroatoms. The highest BCUT2D eigenvalue weighted by Crippen LogP contribution is 2.15. The molecule has 1 aliphatic heterocycles. The van der Waals surface area contributed by atoms with E-state index in [9.17, 15) is 4.79 Å². The van der Waals surface area contributed by atoms with Crippen LogP contribution in [0.4, 0.5) is 0 Å². The predicted molar refractivity (Wildman–Crippen MR) is 92.3 cm³/mol. The first-order valence-electron chi connectivity index (χ1n) is 8.74. The zero-order chi connectivity index (χ0) is 17.5. The topological polar surface area (TPSA) is 85.2 Å². The first-order valence-corrected chi connectivity index (χ1v) is 8.74. The number of benzene rings is 1. The second-order valence-corrected chi connectivity index (χ2v) is 6.03. The Kier molecular flexibility index (Phi) is 5.95. The van der Waals surface area contributed by atoms with E-state index in [-0.39, 0.29) is 12.5 Å². The zero-order valence-electron chi connectivity index (χ0n) is 14.5. The minimum Gasteiger partial charge on any atom is -0.486 e. The minimum absolute atomic E-state index is 0.0805. The number of tetrazole rings is 1. The molecule has 2 aromatic rings. The molecule has 0 radical (unpaired) electrons. The SMILES string of the molecule is CCn1nnnc1COc1cccc(C(=O)NCCN2CCCC2)c1. The third-order valence-electron chi connectivity index (χ3n) is 4.28. The Labute approximate surface area is 147 Å². The average Bonchev–Trinajstić information content (AvgIpc) is 3.31. The molecule has 0 spiro atoms. The molecule has 25 heavy (non-hydrogen) atoms. The molecular weight excluding hydrogens is 320 g/mol. The number of aromatic nitrogens is 4. The van der Waals surface area contributed by atoms with E-state index in [1.165, 1.54) is 12.8 Å². The minimum atomic E-state index is -0.0805. The molecular formula is C17H24N6O2. The van der Waals surface area contributed by atoms with Crippen molar-refractivity contribution in [1.29, 1.82) is 0 Å². The van der Waals surface area contributed by atoms with Crippen LogP contribution in [0.3, 0.4) is 0 Å². The maximum atomic E-state index is 12.3. The van der Waals surface area contributed by atoms with Crippen LogP contribution in [-0.4, -0.2) is 57.2 Å². The first kappa shape index (κ1) is 17.3. The molecule has 134 valence electrons. The molecule has 1 aromatic carbocycles. The Morgan fingerprint density at radius 2 is 2.16 bits per heavy atom. The van der Waals surface area contributed by atoms with E-state index in [2.05, 4.69) is 25.7 Å². The molecule has 0 aliphatic carbocycles. The van der Waals surface area contributed by atoms with Crippen LogP contribution >= 0.6 is 0 Å². The molecule has 1 aromatic heterocycles. The quantitative estimate of drug-likeness (QED) is 0.772. The number of ether oxygens (including phenoxy) is 1. The number of aryl methyl sites for hydroxylation is 1. The number of hydrogen-bond donors (Lipinski definition) is 1. The van der Waals surface area contributed by atoms with Crippen LogP contribution in [0, 0.1) is 0 Å². The van der Waals surface area contributed by atoms with E-state index in [4.69, 9.17) is 4.74 Å². The largest absolute Gasteiger partial charge is 0.486 e. The summed E-state index contributed by atoms with van der Waals surface area (Å²) in [5.41, 5.74) is 0.592. The summed E-state index contributed by atoms with van der Waals surface area (Å²) in [7, 11) is 0. The van der Waals surface area contributed by atoms with Gasteiger partial charge in [0.2, 0.25) is 0 Å². The molecule has 0 atom stereocenters. The molecule has 2 heterocycles. The smallest absolute Gasteiger partial charge is 0.251 e. The van der Waals surface area contributed by atoms with Crippen molar-refractivity contribution in [3.8, 4) is 5.75 Å². The van der Waals surface area contributed by atoms with E-state index in [1.807, 2.05) is 19.1 Å². The maximum absolute atomic E-state index is 12.3. The van der Waals surface area contributed by atoms with Gasteiger partial charge in [0.25, 0.3) is 5.91 Å². The summed E-state index contributed by atoms with van der Waals surface area (Å²) < 4.78 is 7.39. The molecule has 1 aliphatic rings. The highest BCUT2D eigenvalue weighted by molar-refractivity contribution is 5.94. The highest BCUT2D eigenvalue weighted by Gasteiger charge is 2.12. The van der Waals surface area contributed by atoms with Gasteiger partial charge in [0.05, 0.1) is 0 Å². The van der Waals surface area contributed by atoms with Crippen molar-refractivity contribution in [2.75, 3.05) is 26.2 Å². The molecule has 1 fully saturated rings. The average molecular weight is 344 g/mol. The van der Waals surface area contributed by atoms with Crippen LogP contribution in [0.15, 0.2) is 24.3 Å². The van der Waals surface area contributed by atoms with Gasteiger partial charge in [-0.15, -0.1) is 5.10 Å². The van der Waals surface area contributed by atoms with Crippen molar-refractivity contribution in [3.63, 3.8) is 0 Å². The van der Waals surface area contributed by atoms with Crippen LogP contribution in [0.5, 0.6) is 5.75 Å². The zero-order valence-corrected chi connectivity index (χ0v) is 14.5. The number of nitrogens with zero attached hydrogens (tertiary/aromatic N) is 5. The summed E-state index contributed by atoms with van der Waals surface area (Å²) in [4.78, 5) is 14.7. The third kappa shape index (κ3) is 4.76. The van der Waals surface area contributed by atoms with Gasteiger partial charge in [-0.2, -0.15) is 0 Å². The molecule has 1 N–H and O–H groups in total. The second-order valence-electron chi connectivity index (χ2n) is 6.03. The van der Waals surface area contributed by atoms with E-state index in [1.54, 1.807) is 16.8 Å². The number of carbonyl (C=O) groups is 1. The number of amides is 1. The maximum Gasteiger partial charge on any atom is 0.251 e. The second kappa shape index (κ2) is 8.57.